The number of nitrogens with zero attached hydrogens (tertiary/aromatic N) is 6. The summed E-state index contributed by atoms with van der Waals surface area (Å²) in [6.07, 6.45) is 4.04. The zero-order valence-electron chi connectivity index (χ0n) is 12.9. The number of anilines is 1. The normalized spacial score (nSPS) is 14.3. The molecular weight excluding hydrogens is 288 g/mol. The molecule has 1 aliphatic rings. The highest BCUT2D eigenvalue weighted by atomic mass is 15.2. The minimum absolute atomic E-state index is 0.188. The van der Waals surface area contributed by atoms with Gasteiger partial charge >= 0.3 is 0 Å². The van der Waals surface area contributed by atoms with E-state index < -0.39 is 0 Å². The van der Waals surface area contributed by atoms with E-state index in [4.69, 9.17) is 0 Å². The number of rotatable bonds is 2. The van der Waals surface area contributed by atoms with E-state index in [1.54, 1.807) is 6.33 Å². The number of fused-ring (bicyclic) bond motifs is 1. The molecule has 4 rings (SSSR count). The Balaban J connectivity index is 1.92. The highest BCUT2D eigenvalue weighted by Gasteiger charge is 2.21. The summed E-state index contributed by atoms with van der Waals surface area (Å²) in [6.45, 7) is 3.96. The molecule has 1 aliphatic heterocycles. The third kappa shape index (κ3) is 2.30. The average molecular weight is 304 g/mol. The second kappa shape index (κ2) is 5.36. The number of benzene rings is 1. The molecule has 0 N–H and O–H groups in total. The smallest absolute Gasteiger partial charge is 0.236 e. The van der Waals surface area contributed by atoms with Gasteiger partial charge in [0.15, 0.2) is 17.0 Å². The summed E-state index contributed by atoms with van der Waals surface area (Å²) in [5.74, 6) is 0.961. The van der Waals surface area contributed by atoms with Crippen molar-refractivity contribution in [2.75, 3.05) is 18.0 Å². The first-order chi connectivity index (χ1) is 11.3. The summed E-state index contributed by atoms with van der Waals surface area (Å²) in [6, 6.07) is 10.2. The maximum atomic E-state index is 9.28. The third-order valence-corrected chi connectivity index (χ3v) is 4.20. The van der Waals surface area contributed by atoms with Crippen molar-refractivity contribution in [1.82, 2.24) is 19.5 Å². The molecule has 0 aliphatic carbocycles. The van der Waals surface area contributed by atoms with Gasteiger partial charge in [-0.25, -0.2) is 4.98 Å². The molecule has 3 aromatic rings. The number of imidazole rings is 1. The van der Waals surface area contributed by atoms with Crippen LogP contribution in [0.5, 0.6) is 0 Å². The van der Waals surface area contributed by atoms with Crippen LogP contribution in [-0.4, -0.2) is 32.6 Å². The lowest BCUT2D eigenvalue weighted by atomic mass is 10.2. The Hall–Kier alpha value is -2.94. The molecule has 0 unspecified atom stereocenters. The second-order valence-electron chi connectivity index (χ2n) is 5.80. The molecule has 0 spiro atoms. The van der Waals surface area contributed by atoms with Crippen LogP contribution < -0.4 is 4.90 Å². The topological polar surface area (TPSA) is 70.6 Å². The van der Waals surface area contributed by atoms with Gasteiger partial charge in [-0.15, -0.1) is 0 Å². The number of aryl methyl sites for hydroxylation is 1. The lowest BCUT2D eigenvalue weighted by Gasteiger charge is -2.16. The fourth-order valence-corrected chi connectivity index (χ4v) is 2.98. The number of hydrogen-bond acceptors (Lipinski definition) is 5. The van der Waals surface area contributed by atoms with Crippen LogP contribution in [0.3, 0.4) is 0 Å². The fourth-order valence-electron chi connectivity index (χ4n) is 2.98. The highest BCUT2D eigenvalue weighted by Crippen LogP contribution is 2.27. The lowest BCUT2D eigenvalue weighted by molar-refractivity contribution is 0.929. The Morgan fingerprint density at radius 2 is 1.83 bits per heavy atom. The molecule has 23 heavy (non-hydrogen) atoms. The molecule has 0 saturated carbocycles. The predicted octanol–water partition coefficient (Wildman–Crippen LogP) is 2.60. The maximum Gasteiger partial charge on any atom is 0.236 e. The number of hydrogen-bond donors (Lipinski definition) is 0. The largest absolute Gasteiger partial charge is 0.355 e. The van der Waals surface area contributed by atoms with Gasteiger partial charge in [-0.1, -0.05) is 17.7 Å². The van der Waals surface area contributed by atoms with Gasteiger partial charge in [0.2, 0.25) is 5.82 Å². The first-order valence-corrected chi connectivity index (χ1v) is 7.73. The molecule has 114 valence electrons. The van der Waals surface area contributed by atoms with Crippen LogP contribution >= 0.6 is 0 Å². The summed E-state index contributed by atoms with van der Waals surface area (Å²) >= 11 is 0. The van der Waals surface area contributed by atoms with Crippen molar-refractivity contribution in [3.8, 4) is 11.8 Å². The predicted molar refractivity (Wildman–Crippen MR) is 87.6 cm³/mol. The van der Waals surface area contributed by atoms with Crippen LogP contribution in [-0.2, 0) is 0 Å². The van der Waals surface area contributed by atoms with Crippen LogP contribution in [0.1, 0.15) is 24.2 Å². The zero-order chi connectivity index (χ0) is 15.8. The third-order valence-electron chi connectivity index (χ3n) is 4.20. The first kappa shape index (κ1) is 13.7. The van der Waals surface area contributed by atoms with Crippen molar-refractivity contribution in [3.63, 3.8) is 0 Å². The Kier molecular flexibility index (Phi) is 3.19. The van der Waals surface area contributed by atoms with Gasteiger partial charge in [0, 0.05) is 18.8 Å². The molecule has 0 amide bonds. The van der Waals surface area contributed by atoms with E-state index >= 15 is 0 Å². The number of nitriles is 1. The van der Waals surface area contributed by atoms with Gasteiger partial charge < -0.3 is 4.90 Å². The van der Waals surface area contributed by atoms with E-state index in [1.807, 2.05) is 16.7 Å². The van der Waals surface area contributed by atoms with Gasteiger partial charge in [0.1, 0.15) is 12.4 Å². The van der Waals surface area contributed by atoms with Crippen molar-refractivity contribution in [3.05, 3.63) is 42.0 Å². The van der Waals surface area contributed by atoms with Gasteiger partial charge in [0.25, 0.3) is 0 Å². The molecule has 0 radical (unpaired) electrons. The zero-order valence-corrected chi connectivity index (χ0v) is 12.9. The molecule has 0 bridgehead atoms. The summed E-state index contributed by atoms with van der Waals surface area (Å²) in [5.41, 5.74) is 3.62. The standard InChI is InChI=1S/C17H16N6/c1-12-4-6-13(7-5-12)23-11-19-15-16(22-8-2-3-9-22)20-14(10-18)21-17(15)23/h4-7,11H,2-3,8-9H2,1H3. The second-order valence-corrected chi connectivity index (χ2v) is 5.80. The van der Waals surface area contributed by atoms with Crippen molar-refractivity contribution in [2.45, 2.75) is 19.8 Å². The van der Waals surface area contributed by atoms with Gasteiger partial charge in [-0.3, -0.25) is 4.57 Å². The van der Waals surface area contributed by atoms with Gasteiger partial charge in [-0.2, -0.15) is 15.2 Å². The van der Waals surface area contributed by atoms with Crippen LogP contribution in [0.2, 0.25) is 0 Å². The summed E-state index contributed by atoms with van der Waals surface area (Å²) in [4.78, 5) is 15.5. The van der Waals surface area contributed by atoms with E-state index in [1.165, 1.54) is 5.56 Å². The summed E-state index contributed by atoms with van der Waals surface area (Å²) in [5, 5.41) is 9.28. The molecule has 2 aromatic heterocycles. The van der Waals surface area contributed by atoms with E-state index in [0.717, 1.165) is 43.0 Å². The Morgan fingerprint density at radius 1 is 1.09 bits per heavy atom. The maximum absolute atomic E-state index is 9.28. The minimum Gasteiger partial charge on any atom is -0.355 e. The number of aromatic nitrogens is 4. The Bertz CT molecular complexity index is 897. The summed E-state index contributed by atoms with van der Waals surface area (Å²) in [7, 11) is 0. The van der Waals surface area contributed by atoms with Crippen molar-refractivity contribution in [2.24, 2.45) is 0 Å². The molecule has 1 fully saturated rings. The molecule has 6 nitrogen and oxygen atoms in total. The van der Waals surface area contributed by atoms with E-state index in [2.05, 4.69) is 45.0 Å². The summed E-state index contributed by atoms with van der Waals surface area (Å²) < 4.78 is 1.91. The molecule has 3 heterocycles. The fraction of sp³-hybridized carbons (Fsp3) is 0.294. The van der Waals surface area contributed by atoms with E-state index in [9.17, 15) is 5.26 Å². The van der Waals surface area contributed by atoms with E-state index in [-0.39, 0.29) is 5.82 Å². The van der Waals surface area contributed by atoms with Crippen molar-refractivity contribution >= 4 is 17.0 Å². The van der Waals surface area contributed by atoms with E-state index in [0.29, 0.717) is 5.65 Å². The first-order valence-electron chi connectivity index (χ1n) is 7.73. The van der Waals surface area contributed by atoms with Crippen molar-refractivity contribution < 1.29 is 0 Å². The minimum atomic E-state index is 0.188. The lowest BCUT2D eigenvalue weighted by Crippen LogP contribution is -2.20. The molecular formula is C17H16N6. The van der Waals surface area contributed by atoms with Crippen LogP contribution in [0, 0.1) is 18.3 Å². The van der Waals surface area contributed by atoms with Crippen LogP contribution in [0.4, 0.5) is 5.82 Å². The molecule has 1 saturated heterocycles. The molecule has 1 aromatic carbocycles. The average Bonchev–Trinajstić information content (AvgIpc) is 3.24. The monoisotopic (exact) mass is 304 g/mol. The quantitative estimate of drug-likeness (QED) is 0.727. The highest BCUT2D eigenvalue weighted by molar-refractivity contribution is 5.85. The molecule has 6 heteroatoms. The van der Waals surface area contributed by atoms with Crippen LogP contribution in [0.15, 0.2) is 30.6 Å². The Labute approximate surface area is 134 Å². The molecule has 0 atom stereocenters. The SMILES string of the molecule is Cc1ccc(-n2cnc3c(N4CCCC4)nc(C#N)nc32)cc1. The van der Waals surface area contributed by atoms with Gasteiger partial charge in [0.05, 0.1) is 0 Å². The van der Waals surface area contributed by atoms with Crippen LogP contribution in [0.25, 0.3) is 16.9 Å². The van der Waals surface area contributed by atoms with Crippen molar-refractivity contribution in [1.29, 1.82) is 5.26 Å². The Morgan fingerprint density at radius 3 is 2.52 bits per heavy atom. The van der Waals surface area contributed by atoms with Gasteiger partial charge in [-0.05, 0) is 31.9 Å².